The average Bonchev–Trinajstić information content (AvgIpc) is 3.32. The molecule has 32 heavy (non-hydrogen) atoms. The molecule has 1 atom stereocenters. The summed E-state index contributed by atoms with van der Waals surface area (Å²) >= 11 is 3.49. The molecule has 172 valence electrons. The Morgan fingerprint density at radius 1 is 1.12 bits per heavy atom. The highest BCUT2D eigenvalue weighted by atomic mass is 79.9. The summed E-state index contributed by atoms with van der Waals surface area (Å²) in [7, 11) is 0. The van der Waals surface area contributed by atoms with Crippen LogP contribution < -0.4 is 15.4 Å². The van der Waals surface area contributed by atoms with Crippen LogP contribution in [0.5, 0.6) is 5.75 Å². The highest BCUT2D eigenvalue weighted by Gasteiger charge is 2.19. The van der Waals surface area contributed by atoms with Gasteiger partial charge < -0.3 is 20.1 Å². The number of anilines is 1. The van der Waals surface area contributed by atoms with Crippen LogP contribution in [0.25, 0.3) is 0 Å². The molecule has 1 heterocycles. The molecule has 0 radical (unpaired) electrons. The van der Waals surface area contributed by atoms with Gasteiger partial charge >= 0.3 is 0 Å². The standard InChI is InChI=1S/C25H31BrN2O4/c1-2-3-4-7-14-32-23-13-12-18(16-21(23)26)24(29)28-22-11-6-5-10-20(22)25(30)27-17-19-9-8-15-31-19/h5-6,10-13,16,19H,2-4,7-9,14-15,17H2,1H3,(H,27,30)(H,28,29). The summed E-state index contributed by atoms with van der Waals surface area (Å²) in [5, 5.41) is 5.76. The van der Waals surface area contributed by atoms with Crippen molar-refractivity contribution in [1.82, 2.24) is 5.32 Å². The number of carbonyl (C=O) groups is 2. The zero-order chi connectivity index (χ0) is 22.8. The highest BCUT2D eigenvalue weighted by molar-refractivity contribution is 9.10. The van der Waals surface area contributed by atoms with Gasteiger partial charge in [0.2, 0.25) is 0 Å². The molecule has 2 aromatic rings. The number of halogens is 1. The van der Waals surface area contributed by atoms with Gasteiger partial charge in [-0.25, -0.2) is 0 Å². The molecule has 0 aromatic heterocycles. The van der Waals surface area contributed by atoms with Crippen molar-refractivity contribution < 1.29 is 19.1 Å². The van der Waals surface area contributed by atoms with Gasteiger partial charge in [0.25, 0.3) is 11.8 Å². The van der Waals surface area contributed by atoms with Crippen LogP contribution in [0, 0.1) is 0 Å². The van der Waals surface area contributed by atoms with Gasteiger partial charge in [0.15, 0.2) is 0 Å². The largest absolute Gasteiger partial charge is 0.492 e. The lowest BCUT2D eigenvalue weighted by Gasteiger charge is -2.14. The molecule has 2 aromatic carbocycles. The minimum atomic E-state index is -0.292. The first-order valence-corrected chi connectivity index (χ1v) is 12.1. The Bertz CT molecular complexity index is 913. The van der Waals surface area contributed by atoms with Crippen LogP contribution in [-0.2, 0) is 4.74 Å². The van der Waals surface area contributed by atoms with E-state index in [9.17, 15) is 9.59 Å². The Balaban J connectivity index is 1.59. The Kier molecular flexibility index (Phi) is 9.56. The van der Waals surface area contributed by atoms with Crippen molar-refractivity contribution >= 4 is 33.4 Å². The smallest absolute Gasteiger partial charge is 0.255 e. The van der Waals surface area contributed by atoms with E-state index in [-0.39, 0.29) is 17.9 Å². The van der Waals surface area contributed by atoms with Crippen molar-refractivity contribution in [2.24, 2.45) is 0 Å². The van der Waals surface area contributed by atoms with E-state index in [0.29, 0.717) is 35.7 Å². The van der Waals surface area contributed by atoms with Crippen molar-refractivity contribution in [3.05, 3.63) is 58.1 Å². The lowest BCUT2D eigenvalue weighted by molar-refractivity contribution is 0.0858. The SMILES string of the molecule is CCCCCCOc1ccc(C(=O)Nc2ccccc2C(=O)NCC2CCCO2)cc1Br. The molecule has 0 bridgehead atoms. The molecule has 0 spiro atoms. The summed E-state index contributed by atoms with van der Waals surface area (Å²) in [6.45, 7) is 4.04. The summed E-state index contributed by atoms with van der Waals surface area (Å²) in [6.07, 6.45) is 6.58. The van der Waals surface area contributed by atoms with Crippen molar-refractivity contribution in [2.75, 3.05) is 25.1 Å². The molecule has 6 nitrogen and oxygen atoms in total. The fourth-order valence-electron chi connectivity index (χ4n) is 3.56. The number of hydrogen-bond acceptors (Lipinski definition) is 4. The third kappa shape index (κ3) is 7.07. The number of rotatable bonds is 11. The zero-order valence-corrected chi connectivity index (χ0v) is 20.1. The van der Waals surface area contributed by atoms with Crippen LogP contribution in [-0.4, -0.2) is 37.7 Å². The van der Waals surface area contributed by atoms with E-state index in [1.165, 1.54) is 12.8 Å². The minimum Gasteiger partial charge on any atom is -0.492 e. The maximum absolute atomic E-state index is 12.8. The zero-order valence-electron chi connectivity index (χ0n) is 18.5. The van der Waals surface area contributed by atoms with Crippen LogP contribution in [0.1, 0.15) is 66.2 Å². The van der Waals surface area contributed by atoms with Gasteiger partial charge in [0, 0.05) is 18.7 Å². The second-order valence-corrected chi connectivity index (χ2v) is 8.75. The van der Waals surface area contributed by atoms with E-state index in [4.69, 9.17) is 9.47 Å². The number of benzene rings is 2. The number of carbonyl (C=O) groups excluding carboxylic acids is 2. The molecule has 0 aliphatic carbocycles. The molecule has 1 fully saturated rings. The molecule has 1 saturated heterocycles. The van der Waals surface area contributed by atoms with Crippen molar-refractivity contribution in [3.63, 3.8) is 0 Å². The first kappa shape index (κ1) is 24.3. The summed E-state index contributed by atoms with van der Waals surface area (Å²) in [6, 6.07) is 12.2. The fourth-order valence-corrected chi connectivity index (χ4v) is 4.06. The van der Waals surface area contributed by atoms with E-state index in [2.05, 4.69) is 33.5 Å². The molecule has 1 unspecified atom stereocenters. The minimum absolute atomic E-state index is 0.0606. The normalized spacial score (nSPS) is 15.4. The summed E-state index contributed by atoms with van der Waals surface area (Å²) in [4.78, 5) is 25.5. The first-order valence-electron chi connectivity index (χ1n) is 11.3. The molecule has 7 heteroatoms. The number of hydrogen-bond donors (Lipinski definition) is 2. The molecular formula is C25H31BrN2O4. The Morgan fingerprint density at radius 3 is 2.72 bits per heavy atom. The van der Waals surface area contributed by atoms with Crippen molar-refractivity contribution in [2.45, 2.75) is 51.6 Å². The molecule has 1 aliphatic rings. The lowest BCUT2D eigenvalue weighted by Crippen LogP contribution is -2.32. The fraction of sp³-hybridized carbons (Fsp3) is 0.440. The summed E-state index contributed by atoms with van der Waals surface area (Å²) in [5.41, 5.74) is 1.37. The lowest BCUT2D eigenvalue weighted by atomic mass is 10.1. The molecular weight excluding hydrogens is 472 g/mol. The average molecular weight is 503 g/mol. The number of ether oxygens (including phenoxy) is 2. The third-order valence-corrected chi connectivity index (χ3v) is 6.00. The van der Waals surface area contributed by atoms with E-state index in [1.807, 2.05) is 0 Å². The highest BCUT2D eigenvalue weighted by Crippen LogP contribution is 2.27. The Hall–Kier alpha value is -2.38. The summed E-state index contributed by atoms with van der Waals surface area (Å²) < 4.78 is 12.1. The molecule has 1 aliphatic heterocycles. The van der Waals surface area contributed by atoms with Crippen LogP contribution in [0.4, 0.5) is 5.69 Å². The first-order chi connectivity index (χ1) is 15.6. The van der Waals surface area contributed by atoms with Crippen LogP contribution in [0.3, 0.4) is 0 Å². The number of unbranched alkanes of at least 4 members (excludes halogenated alkanes) is 3. The Labute approximate surface area is 198 Å². The van der Waals surface area contributed by atoms with Gasteiger partial charge in [0.1, 0.15) is 5.75 Å². The van der Waals surface area contributed by atoms with E-state index in [0.717, 1.165) is 36.8 Å². The van der Waals surface area contributed by atoms with Gasteiger partial charge in [-0.2, -0.15) is 0 Å². The predicted octanol–water partition coefficient (Wildman–Crippen LogP) is 5.57. The van der Waals surface area contributed by atoms with Crippen molar-refractivity contribution in [3.8, 4) is 5.75 Å². The summed E-state index contributed by atoms with van der Waals surface area (Å²) in [5.74, 6) is 0.191. The number of amides is 2. The maximum Gasteiger partial charge on any atom is 0.255 e. The van der Waals surface area contributed by atoms with Gasteiger partial charge in [-0.15, -0.1) is 0 Å². The van der Waals surface area contributed by atoms with Crippen LogP contribution >= 0.6 is 15.9 Å². The number of para-hydroxylation sites is 1. The second kappa shape index (κ2) is 12.6. The van der Waals surface area contributed by atoms with Gasteiger partial charge in [-0.05, 0) is 65.5 Å². The van der Waals surface area contributed by atoms with E-state index < -0.39 is 0 Å². The van der Waals surface area contributed by atoms with Gasteiger partial charge in [-0.3, -0.25) is 9.59 Å². The van der Waals surface area contributed by atoms with Crippen LogP contribution in [0.15, 0.2) is 46.9 Å². The molecule has 0 saturated carbocycles. The van der Waals surface area contributed by atoms with Gasteiger partial charge in [-0.1, -0.05) is 38.3 Å². The van der Waals surface area contributed by atoms with Gasteiger partial charge in [0.05, 0.1) is 28.4 Å². The molecule has 2 N–H and O–H groups in total. The third-order valence-electron chi connectivity index (χ3n) is 5.38. The van der Waals surface area contributed by atoms with E-state index >= 15 is 0 Å². The quantitative estimate of drug-likeness (QED) is 0.393. The molecule has 2 amide bonds. The molecule has 3 rings (SSSR count). The monoisotopic (exact) mass is 502 g/mol. The number of nitrogens with one attached hydrogen (secondary N) is 2. The predicted molar refractivity (Wildman–Crippen MR) is 129 cm³/mol. The second-order valence-electron chi connectivity index (χ2n) is 7.90. The Morgan fingerprint density at radius 2 is 1.97 bits per heavy atom. The van der Waals surface area contributed by atoms with E-state index in [1.54, 1.807) is 42.5 Å². The maximum atomic E-state index is 12.8. The van der Waals surface area contributed by atoms with Crippen molar-refractivity contribution in [1.29, 1.82) is 0 Å². The topological polar surface area (TPSA) is 76.7 Å². The van der Waals surface area contributed by atoms with Crippen LogP contribution in [0.2, 0.25) is 0 Å².